The molecule has 0 bridgehead atoms. The number of carbonyl (C=O) groups is 2. The maximum atomic E-state index is 13.6. The summed E-state index contributed by atoms with van der Waals surface area (Å²) in [5, 5.41) is 2.50. The van der Waals surface area contributed by atoms with Crippen LogP contribution in [0, 0.1) is 0 Å². The van der Waals surface area contributed by atoms with Gasteiger partial charge in [0, 0.05) is 0 Å². The minimum Gasteiger partial charge on any atom is -0.517 e. The standard InChI is InChI=1S/C24H43NO5Si2/c1-12-28-22(27)25-19(21(26)30-32(10,11)24(5,6)7)20(18-16-14-13-15-17-18)29-31(8,9)23(2,3)4/h13-17,19-20H,12H2,1-11H3,(H,25,27)/t19-,20-/m0/s1. The predicted molar refractivity (Wildman–Crippen MR) is 135 cm³/mol. The van der Waals surface area contributed by atoms with Crippen molar-refractivity contribution >= 4 is 28.7 Å². The van der Waals surface area contributed by atoms with Gasteiger partial charge in [-0.3, -0.25) is 4.79 Å². The van der Waals surface area contributed by atoms with Gasteiger partial charge in [0.2, 0.25) is 0 Å². The van der Waals surface area contributed by atoms with E-state index in [1.54, 1.807) is 6.92 Å². The van der Waals surface area contributed by atoms with E-state index in [1.165, 1.54) is 0 Å². The van der Waals surface area contributed by atoms with E-state index in [4.69, 9.17) is 13.6 Å². The summed E-state index contributed by atoms with van der Waals surface area (Å²) in [5.41, 5.74) is 0.811. The third-order valence-electron chi connectivity index (χ3n) is 6.62. The number of rotatable bonds is 8. The van der Waals surface area contributed by atoms with Crippen LogP contribution in [0.15, 0.2) is 30.3 Å². The molecule has 0 spiro atoms. The Morgan fingerprint density at radius 2 is 1.41 bits per heavy atom. The van der Waals surface area contributed by atoms with Gasteiger partial charge in [-0.2, -0.15) is 0 Å². The zero-order valence-corrected chi connectivity index (χ0v) is 23.8. The number of nitrogens with one attached hydrogen (secondary N) is 1. The first-order valence-electron chi connectivity index (χ1n) is 11.3. The van der Waals surface area contributed by atoms with Crippen molar-refractivity contribution in [1.82, 2.24) is 5.32 Å². The Morgan fingerprint density at radius 1 is 0.906 bits per heavy atom. The molecule has 0 aliphatic carbocycles. The van der Waals surface area contributed by atoms with Crippen molar-refractivity contribution in [2.45, 2.75) is 96.9 Å². The molecule has 1 aromatic rings. The molecule has 0 aliphatic rings. The molecule has 0 radical (unpaired) electrons. The van der Waals surface area contributed by atoms with Gasteiger partial charge in [0.05, 0.1) is 6.61 Å². The molecule has 0 aromatic heterocycles. The van der Waals surface area contributed by atoms with Crippen LogP contribution >= 0.6 is 0 Å². The van der Waals surface area contributed by atoms with Crippen LogP contribution < -0.4 is 5.32 Å². The Labute approximate surface area is 196 Å². The smallest absolute Gasteiger partial charge is 0.407 e. The van der Waals surface area contributed by atoms with Crippen LogP contribution in [0.4, 0.5) is 4.79 Å². The molecule has 182 valence electrons. The lowest BCUT2D eigenvalue weighted by Crippen LogP contribution is -2.54. The highest BCUT2D eigenvalue weighted by Gasteiger charge is 2.47. The van der Waals surface area contributed by atoms with Gasteiger partial charge in [0.15, 0.2) is 14.4 Å². The molecular weight excluding hydrogens is 438 g/mol. The minimum atomic E-state index is -2.43. The van der Waals surface area contributed by atoms with Gasteiger partial charge < -0.3 is 18.9 Å². The van der Waals surface area contributed by atoms with Gasteiger partial charge in [-0.1, -0.05) is 71.9 Å². The van der Waals surface area contributed by atoms with E-state index in [2.05, 4.69) is 60.0 Å². The Balaban J connectivity index is 3.49. The van der Waals surface area contributed by atoms with E-state index in [9.17, 15) is 9.59 Å². The molecular formula is C24H43NO5Si2. The van der Waals surface area contributed by atoms with E-state index in [-0.39, 0.29) is 16.7 Å². The van der Waals surface area contributed by atoms with Crippen molar-refractivity contribution in [3.63, 3.8) is 0 Å². The molecule has 1 N–H and O–H groups in total. The quantitative estimate of drug-likeness (QED) is 0.434. The first-order chi connectivity index (χ1) is 14.4. The van der Waals surface area contributed by atoms with E-state index < -0.39 is 40.8 Å². The van der Waals surface area contributed by atoms with Crippen LogP contribution in [0.3, 0.4) is 0 Å². The second-order valence-corrected chi connectivity index (χ2v) is 20.7. The van der Waals surface area contributed by atoms with Crippen LogP contribution in [-0.2, 0) is 18.4 Å². The van der Waals surface area contributed by atoms with Gasteiger partial charge in [-0.25, -0.2) is 4.79 Å². The third-order valence-corrected chi connectivity index (χ3v) is 15.4. The van der Waals surface area contributed by atoms with Gasteiger partial charge >= 0.3 is 12.1 Å². The predicted octanol–water partition coefficient (Wildman–Crippen LogP) is 6.41. The average Bonchev–Trinajstić information content (AvgIpc) is 2.63. The van der Waals surface area contributed by atoms with E-state index in [0.717, 1.165) is 5.56 Å². The zero-order valence-electron chi connectivity index (χ0n) is 21.8. The lowest BCUT2D eigenvalue weighted by atomic mass is 10.0. The Bertz CT molecular complexity index is 767. The van der Waals surface area contributed by atoms with Gasteiger partial charge in [0.25, 0.3) is 8.32 Å². The summed E-state index contributed by atoms with van der Waals surface area (Å²) in [7, 11) is -4.74. The summed E-state index contributed by atoms with van der Waals surface area (Å²) in [4.78, 5) is 26.0. The maximum absolute atomic E-state index is 13.6. The van der Waals surface area contributed by atoms with E-state index in [0.29, 0.717) is 0 Å². The molecule has 32 heavy (non-hydrogen) atoms. The molecule has 8 heteroatoms. The highest BCUT2D eigenvalue weighted by atomic mass is 28.4. The third kappa shape index (κ3) is 7.45. The topological polar surface area (TPSA) is 73.9 Å². The zero-order chi connectivity index (χ0) is 25.0. The van der Waals surface area contributed by atoms with Crippen LogP contribution in [0.5, 0.6) is 0 Å². The maximum Gasteiger partial charge on any atom is 0.407 e. The highest BCUT2D eigenvalue weighted by Crippen LogP contribution is 2.41. The summed E-state index contributed by atoms with van der Waals surface area (Å²) in [6, 6.07) is 8.51. The van der Waals surface area contributed by atoms with Gasteiger partial charge in [-0.15, -0.1) is 0 Å². The molecule has 2 atom stereocenters. The van der Waals surface area contributed by atoms with Crippen molar-refractivity contribution in [1.29, 1.82) is 0 Å². The fourth-order valence-electron chi connectivity index (χ4n) is 2.49. The van der Waals surface area contributed by atoms with Gasteiger partial charge in [0.1, 0.15) is 6.10 Å². The fourth-order valence-corrected chi connectivity index (χ4v) is 4.69. The second kappa shape index (κ2) is 10.5. The van der Waals surface area contributed by atoms with E-state index >= 15 is 0 Å². The molecule has 6 nitrogen and oxygen atoms in total. The first-order valence-corrected chi connectivity index (χ1v) is 17.1. The Hall–Kier alpha value is -1.65. The fraction of sp³-hybridized carbons (Fsp3) is 0.667. The van der Waals surface area contributed by atoms with Crippen LogP contribution in [0.2, 0.25) is 36.3 Å². The second-order valence-electron chi connectivity index (χ2n) is 11.2. The largest absolute Gasteiger partial charge is 0.517 e. The van der Waals surface area contributed by atoms with Crippen LogP contribution in [0.25, 0.3) is 0 Å². The normalized spacial score (nSPS) is 15.0. The number of amides is 1. The Morgan fingerprint density at radius 3 is 1.84 bits per heavy atom. The van der Waals surface area contributed by atoms with Crippen molar-refractivity contribution in [3.05, 3.63) is 35.9 Å². The number of hydrogen-bond donors (Lipinski definition) is 1. The number of benzene rings is 1. The molecule has 0 saturated heterocycles. The average molecular weight is 482 g/mol. The van der Waals surface area contributed by atoms with Crippen molar-refractivity contribution in [2.24, 2.45) is 0 Å². The van der Waals surface area contributed by atoms with Crippen molar-refractivity contribution < 1.29 is 23.2 Å². The molecule has 0 unspecified atom stereocenters. The molecule has 1 amide bonds. The molecule has 1 aromatic carbocycles. The molecule has 0 fully saturated rings. The van der Waals surface area contributed by atoms with Crippen molar-refractivity contribution in [3.8, 4) is 0 Å². The Kier molecular flexibility index (Phi) is 9.34. The number of carbonyl (C=O) groups excluding carboxylic acids is 2. The lowest BCUT2D eigenvalue weighted by Gasteiger charge is -2.42. The summed E-state index contributed by atoms with van der Waals surface area (Å²) in [5.74, 6) is -0.489. The van der Waals surface area contributed by atoms with Crippen LogP contribution in [0.1, 0.15) is 60.1 Å². The highest BCUT2D eigenvalue weighted by molar-refractivity contribution is 6.75. The summed E-state index contributed by atoms with van der Waals surface area (Å²) in [6.07, 6.45) is -1.36. The summed E-state index contributed by atoms with van der Waals surface area (Å²) < 4.78 is 18.0. The number of hydrogen-bond acceptors (Lipinski definition) is 5. The molecule has 1 rings (SSSR count). The monoisotopic (exact) mass is 481 g/mol. The van der Waals surface area contributed by atoms with E-state index in [1.807, 2.05) is 43.4 Å². The van der Waals surface area contributed by atoms with Crippen LogP contribution in [-0.4, -0.2) is 41.3 Å². The SMILES string of the molecule is CCOC(=O)N[C@H](C(=O)O[Si](C)(C)C(C)(C)C)[C@@H](O[Si](C)(C)C(C)(C)C)c1ccccc1. The first kappa shape index (κ1) is 28.4. The lowest BCUT2D eigenvalue weighted by molar-refractivity contribution is -0.140. The van der Waals surface area contributed by atoms with Crippen molar-refractivity contribution in [2.75, 3.05) is 6.61 Å². The molecule has 0 heterocycles. The number of alkyl carbamates (subject to hydrolysis) is 1. The minimum absolute atomic E-state index is 0.0855. The molecule has 0 aliphatic heterocycles. The summed E-state index contributed by atoms with van der Waals surface area (Å²) >= 11 is 0. The van der Waals surface area contributed by atoms with Gasteiger partial charge in [-0.05, 0) is 48.8 Å². The molecule has 0 saturated carbocycles. The number of ether oxygens (including phenoxy) is 1. The summed E-state index contributed by atoms with van der Waals surface area (Å²) in [6.45, 7) is 22.8.